The smallest absolute Gasteiger partial charge is 0.306 e. The maximum atomic E-state index is 13.4. The van der Waals surface area contributed by atoms with Gasteiger partial charge in [0.25, 0.3) is 0 Å². The lowest BCUT2D eigenvalue weighted by atomic mass is 9.59. The molecule has 0 heterocycles. The van der Waals surface area contributed by atoms with Crippen LogP contribution in [0, 0.1) is 29.1 Å². The van der Waals surface area contributed by atoms with Crippen LogP contribution in [-0.4, -0.2) is 62.6 Å². The van der Waals surface area contributed by atoms with Crippen LogP contribution in [0.4, 0.5) is 0 Å². The first-order chi connectivity index (χ1) is 21.7. The van der Waals surface area contributed by atoms with Crippen LogP contribution in [0.1, 0.15) is 138 Å². The van der Waals surface area contributed by atoms with Gasteiger partial charge in [-0.15, -0.1) is 0 Å². The van der Waals surface area contributed by atoms with Gasteiger partial charge in [0, 0.05) is 48.9 Å². The van der Waals surface area contributed by atoms with Crippen LogP contribution >= 0.6 is 0 Å². The number of esters is 2. The Hall–Kier alpha value is -2.03. The minimum Gasteiger partial charge on any atom is -0.458 e. The number of aliphatic hydroxyl groups is 3. The quantitative estimate of drug-likeness (QED) is 0.0926. The van der Waals surface area contributed by atoms with Crippen molar-refractivity contribution in [3.8, 4) is 0 Å². The minimum absolute atomic E-state index is 0.108. The summed E-state index contributed by atoms with van der Waals surface area (Å²) in [5.41, 5.74) is -4.71. The van der Waals surface area contributed by atoms with Crippen molar-refractivity contribution in [2.24, 2.45) is 29.1 Å². The molecular formula is C38H60O8. The normalized spacial score (nSPS) is 35.7. The number of unbranched alkanes of at least 4 members (excludes halogenated alkanes) is 12. The molecule has 0 aromatic rings. The second-order valence-electron chi connectivity index (χ2n) is 15.4. The van der Waals surface area contributed by atoms with E-state index in [4.69, 9.17) is 9.47 Å². The van der Waals surface area contributed by atoms with Crippen molar-refractivity contribution >= 4 is 17.7 Å². The number of hydrogen-bond donors (Lipinski definition) is 3. The summed E-state index contributed by atoms with van der Waals surface area (Å²) in [5, 5.41) is 34.8. The van der Waals surface area contributed by atoms with Crippen molar-refractivity contribution in [3.05, 3.63) is 23.3 Å². The summed E-state index contributed by atoms with van der Waals surface area (Å²) in [5.74, 6) is -4.29. The van der Waals surface area contributed by atoms with E-state index in [9.17, 15) is 29.7 Å². The van der Waals surface area contributed by atoms with Crippen LogP contribution in [0.3, 0.4) is 0 Å². The van der Waals surface area contributed by atoms with Gasteiger partial charge in [-0.25, -0.2) is 0 Å². The number of carbonyl (C=O) groups excluding carboxylic acids is 3. The largest absolute Gasteiger partial charge is 0.458 e. The van der Waals surface area contributed by atoms with Crippen LogP contribution in [0.15, 0.2) is 23.3 Å². The average Bonchev–Trinajstić information content (AvgIpc) is 3.42. The molecular weight excluding hydrogens is 584 g/mol. The highest BCUT2D eigenvalue weighted by molar-refractivity contribution is 6.04. The molecule has 0 aromatic heterocycles. The summed E-state index contributed by atoms with van der Waals surface area (Å²) in [7, 11) is 0. The summed E-state index contributed by atoms with van der Waals surface area (Å²) < 4.78 is 12.3. The zero-order valence-corrected chi connectivity index (χ0v) is 29.2. The molecule has 0 aliphatic heterocycles. The summed E-state index contributed by atoms with van der Waals surface area (Å²) in [4.78, 5) is 39.2. The van der Waals surface area contributed by atoms with Crippen molar-refractivity contribution in [1.82, 2.24) is 0 Å². The maximum absolute atomic E-state index is 13.4. The lowest BCUT2D eigenvalue weighted by molar-refractivity contribution is -0.228. The van der Waals surface area contributed by atoms with Crippen LogP contribution in [0.5, 0.6) is 0 Å². The number of Topliss-reactive ketones (excluding diaryl/α,β-unsaturated/α-hetero) is 1. The molecule has 4 aliphatic carbocycles. The Kier molecular flexibility index (Phi) is 11.7. The van der Waals surface area contributed by atoms with Gasteiger partial charge in [-0.2, -0.15) is 0 Å². The molecule has 0 spiro atoms. The van der Waals surface area contributed by atoms with Crippen LogP contribution in [-0.2, 0) is 23.9 Å². The fraction of sp³-hybridized carbons (Fsp3) is 0.816. The number of fused-ring (bicyclic) bond motifs is 5. The molecule has 0 aromatic carbocycles. The van der Waals surface area contributed by atoms with Crippen LogP contribution < -0.4 is 0 Å². The topological polar surface area (TPSA) is 130 Å². The van der Waals surface area contributed by atoms with E-state index in [0.717, 1.165) is 19.3 Å². The fourth-order valence-electron chi connectivity index (χ4n) is 9.55. The number of hydrogen-bond acceptors (Lipinski definition) is 8. The third-order valence-corrected chi connectivity index (χ3v) is 12.0. The Morgan fingerprint density at radius 2 is 1.46 bits per heavy atom. The average molecular weight is 645 g/mol. The van der Waals surface area contributed by atoms with Gasteiger partial charge in [0.1, 0.15) is 11.7 Å². The van der Waals surface area contributed by atoms with Crippen LogP contribution in [0.25, 0.3) is 0 Å². The first kappa shape index (κ1) is 36.8. The predicted molar refractivity (Wildman–Crippen MR) is 177 cm³/mol. The third kappa shape index (κ3) is 6.52. The second kappa shape index (κ2) is 14.6. The summed E-state index contributed by atoms with van der Waals surface area (Å²) in [6.45, 7) is 10.5. The van der Waals surface area contributed by atoms with Gasteiger partial charge in [0.05, 0.1) is 12.2 Å². The van der Waals surface area contributed by atoms with Gasteiger partial charge in [0.15, 0.2) is 11.4 Å². The SMILES string of the molecule is CCCCCCCCCCCCCCCC(=O)O[C@@H]1[C@@H](C)[C@@]2(O)[C@@H](C=C(CO)C[C@]3(O)C(=O)C(C)=C[C@@H]23)[C@@H]2C(C)(C)[C@]12OC(C)=O. The predicted octanol–water partition coefficient (Wildman–Crippen LogP) is 6.53. The molecule has 2 fully saturated rings. The molecule has 0 amide bonds. The van der Waals surface area contributed by atoms with E-state index >= 15 is 0 Å². The van der Waals surface area contributed by atoms with Gasteiger partial charge in [-0.3, -0.25) is 14.4 Å². The molecule has 260 valence electrons. The fourth-order valence-corrected chi connectivity index (χ4v) is 9.55. The first-order valence-corrected chi connectivity index (χ1v) is 18.1. The molecule has 8 nitrogen and oxygen atoms in total. The molecule has 8 atom stereocenters. The van der Waals surface area contributed by atoms with E-state index in [-0.39, 0.29) is 19.4 Å². The Bertz CT molecular complexity index is 1190. The molecule has 4 rings (SSSR count). The number of ketones is 1. The Morgan fingerprint density at radius 3 is 1.98 bits per heavy atom. The van der Waals surface area contributed by atoms with Crippen molar-refractivity contribution < 1.29 is 39.2 Å². The highest BCUT2D eigenvalue weighted by Gasteiger charge is 2.87. The van der Waals surface area contributed by atoms with Gasteiger partial charge < -0.3 is 24.8 Å². The van der Waals surface area contributed by atoms with Crippen molar-refractivity contribution in [2.75, 3.05) is 6.61 Å². The standard InChI is InChI=1S/C38H60O8/c1-7-8-9-10-11-12-13-14-15-16-17-18-19-20-31(41)45-34-26(3)37(44)29(32-35(5,6)38(32,34)46-27(4)40)22-28(24-39)23-36(43)30(37)21-25(2)33(36)42/h21-22,26,29-30,32,34,39,43-44H,7-20,23-24H2,1-6H3/t26-,29+,30-,32-,34-,36-,37-,38-/m1/s1. The van der Waals surface area contributed by atoms with Crippen molar-refractivity contribution in [2.45, 2.75) is 161 Å². The summed E-state index contributed by atoms with van der Waals surface area (Å²) >= 11 is 0. The minimum atomic E-state index is -1.93. The van der Waals surface area contributed by atoms with E-state index in [0.29, 0.717) is 17.6 Å². The molecule has 8 heteroatoms. The van der Waals surface area contributed by atoms with Crippen molar-refractivity contribution in [3.63, 3.8) is 0 Å². The monoisotopic (exact) mass is 644 g/mol. The number of carbonyl (C=O) groups is 3. The Labute approximate surface area is 276 Å². The molecule has 3 N–H and O–H groups in total. The van der Waals surface area contributed by atoms with Gasteiger partial charge in [0.2, 0.25) is 0 Å². The number of rotatable bonds is 17. The lowest BCUT2D eigenvalue weighted by Gasteiger charge is -2.53. The zero-order chi connectivity index (χ0) is 33.9. The first-order valence-electron chi connectivity index (χ1n) is 18.1. The van der Waals surface area contributed by atoms with Crippen molar-refractivity contribution in [1.29, 1.82) is 0 Å². The maximum Gasteiger partial charge on any atom is 0.306 e. The van der Waals surface area contributed by atoms with Gasteiger partial charge in [-0.05, 0) is 24.5 Å². The van der Waals surface area contributed by atoms with E-state index in [1.165, 1.54) is 64.7 Å². The van der Waals surface area contributed by atoms with E-state index in [1.807, 2.05) is 13.8 Å². The summed E-state index contributed by atoms with van der Waals surface area (Å²) in [6, 6.07) is 0. The third-order valence-electron chi connectivity index (χ3n) is 12.0. The van der Waals surface area contributed by atoms with E-state index in [1.54, 1.807) is 26.0 Å². The number of aliphatic hydroxyl groups excluding tert-OH is 1. The molecule has 46 heavy (non-hydrogen) atoms. The molecule has 2 saturated carbocycles. The lowest BCUT2D eigenvalue weighted by Crippen LogP contribution is -2.66. The molecule has 0 unspecified atom stereocenters. The zero-order valence-electron chi connectivity index (χ0n) is 29.2. The van der Waals surface area contributed by atoms with E-state index in [2.05, 4.69) is 6.92 Å². The molecule has 0 saturated heterocycles. The Balaban J connectivity index is 1.43. The molecule has 4 aliphatic rings. The van der Waals surface area contributed by atoms with Gasteiger partial charge >= 0.3 is 11.9 Å². The van der Waals surface area contributed by atoms with E-state index < -0.39 is 69.7 Å². The second-order valence-corrected chi connectivity index (χ2v) is 15.4. The highest BCUT2D eigenvalue weighted by Crippen LogP contribution is 2.77. The Morgan fingerprint density at radius 1 is 0.913 bits per heavy atom. The highest BCUT2D eigenvalue weighted by atomic mass is 16.6. The van der Waals surface area contributed by atoms with Gasteiger partial charge in [-0.1, -0.05) is 117 Å². The molecule has 0 radical (unpaired) electrons. The number of ether oxygens (including phenoxy) is 2. The summed E-state index contributed by atoms with van der Waals surface area (Å²) in [6.07, 6.45) is 18.2. The molecule has 0 bridgehead atoms. The van der Waals surface area contributed by atoms with Crippen LogP contribution in [0.2, 0.25) is 0 Å².